The van der Waals surface area contributed by atoms with Crippen molar-refractivity contribution in [2.75, 3.05) is 0 Å². The quantitative estimate of drug-likeness (QED) is 0.618. The molecule has 0 N–H and O–H groups in total. The molecule has 0 bridgehead atoms. The minimum Gasteiger partial charge on any atom is -0.314 e. The molecule has 19 heavy (non-hydrogen) atoms. The highest BCUT2D eigenvalue weighted by molar-refractivity contribution is 4.95. The zero-order valence-electron chi connectivity index (χ0n) is 12.4. The van der Waals surface area contributed by atoms with Crippen molar-refractivity contribution in [3.8, 4) is 0 Å². The van der Waals surface area contributed by atoms with Gasteiger partial charge < -0.3 is 9.69 Å². The molecule has 2 saturated carbocycles. The smallest absolute Gasteiger partial charge is 0.223 e. The molecular weight excluding hydrogens is 232 g/mol. The van der Waals surface area contributed by atoms with Crippen LogP contribution in [0.1, 0.15) is 65.2 Å². The first-order chi connectivity index (χ1) is 9.07. The van der Waals surface area contributed by atoms with E-state index in [9.17, 15) is 0 Å². The van der Waals surface area contributed by atoms with Crippen LogP contribution in [0.15, 0.2) is 0 Å². The van der Waals surface area contributed by atoms with Crippen molar-refractivity contribution in [3.63, 3.8) is 0 Å². The fourth-order valence-corrected chi connectivity index (χ4v) is 4.23. The molecule has 2 heteroatoms. The highest BCUT2D eigenvalue weighted by Crippen LogP contribution is 2.48. The van der Waals surface area contributed by atoms with Crippen LogP contribution < -0.4 is 0 Å². The van der Waals surface area contributed by atoms with E-state index in [-0.39, 0.29) is 0 Å². The van der Waals surface area contributed by atoms with Gasteiger partial charge in [0, 0.05) is 25.7 Å². The minimum atomic E-state index is 0.296. The molecule has 0 heterocycles. The monoisotopic (exact) mass is 258 g/mol. The van der Waals surface area contributed by atoms with Crippen LogP contribution in [-0.4, -0.2) is 12.1 Å². The molecule has 2 aliphatic carbocycles. The number of hydrogen-bond donors (Lipinski definition) is 0. The van der Waals surface area contributed by atoms with E-state index in [1.54, 1.807) is 0 Å². The molecule has 0 amide bonds. The van der Waals surface area contributed by atoms with E-state index in [0.29, 0.717) is 17.5 Å². The molecule has 0 aromatic carbocycles. The normalized spacial score (nSPS) is 36.2. The van der Waals surface area contributed by atoms with Gasteiger partial charge in [-0.15, -0.1) is 0 Å². The lowest BCUT2D eigenvalue weighted by Crippen LogP contribution is -2.37. The van der Waals surface area contributed by atoms with Gasteiger partial charge in [-0.2, -0.15) is 0 Å². The molecule has 0 unspecified atom stereocenters. The van der Waals surface area contributed by atoms with Crippen molar-refractivity contribution in [3.05, 3.63) is 22.8 Å². The van der Waals surface area contributed by atoms with Gasteiger partial charge in [-0.25, -0.2) is 13.1 Å². The summed E-state index contributed by atoms with van der Waals surface area (Å²) in [4.78, 5) is 7.43. The second-order valence-corrected chi connectivity index (χ2v) is 7.09. The Bertz CT molecular complexity index is 333. The van der Waals surface area contributed by atoms with Gasteiger partial charge in [0.15, 0.2) is 0 Å². The lowest BCUT2D eigenvalue weighted by Gasteiger charge is -2.44. The maximum Gasteiger partial charge on any atom is 0.223 e. The van der Waals surface area contributed by atoms with Crippen molar-refractivity contribution >= 4 is 0 Å². The summed E-state index contributed by atoms with van der Waals surface area (Å²) in [7, 11) is 0. The molecule has 104 valence electrons. The van der Waals surface area contributed by atoms with Gasteiger partial charge in [0.1, 0.15) is 0 Å². The molecular formula is C17H26N2. The second-order valence-electron chi connectivity index (χ2n) is 7.09. The maximum absolute atomic E-state index is 7.15. The third-order valence-corrected chi connectivity index (χ3v) is 5.86. The van der Waals surface area contributed by atoms with Crippen LogP contribution in [0.5, 0.6) is 0 Å². The molecule has 0 spiro atoms. The van der Waals surface area contributed by atoms with Crippen molar-refractivity contribution in [1.82, 2.24) is 0 Å². The van der Waals surface area contributed by atoms with Crippen LogP contribution in [0, 0.1) is 30.4 Å². The topological polar surface area (TPSA) is 8.72 Å². The molecule has 2 aliphatic rings. The van der Waals surface area contributed by atoms with Gasteiger partial charge in [0.25, 0.3) is 0 Å². The van der Waals surface area contributed by atoms with Crippen molar-refractivity contribution in [2.45, 2.75) is 77.3 Å². The second kappa shape index (κ2) is 5.96. The van der Waals surface area contributed by atoms with Crippen LogP contribution in [0.25, 0.3) is 9.69 Å². The summed E-state index contributed by atoms with van der Waals surface area (Å²) in [6.07, 6.45) is 9.38. The predicted octanol–water partition coefficient (Wildman–Crippen LogP) is 4.97. The maximum atomic E-state index is 7.15. The van der Waals surface area contributed by atoms with Crippen LogP contribution in [0.3, 0.4) is 0 Å². The minimum absolute atomic E-state index is 0.296. The Hall–Kier alpha value is -1.02. The summed E-state index contributed by atoms with van der Waals surface area (Å²) in [5.74, 6) is 1.58. The Morgan fingerprint density at radius 3 is 1.26 bits per heavy atom. The van der Waals surface area contributed by atoms with Gasteiger partial charge in [-0.1, -0.05) is 13.8 Å². The van der Waals surface area contributed by atoms with E-state index >= 15 is 0 Å². The molecule has 0 atom stereocenters. The molecule has 0 aromatic rings. The summed E-state index contributed by atoms with van der Waals surface area (Å²) in [6, 6.07) is 0.592. The van der Waals surface area contributed by atoms with Crippen LogP contribution in [0.4, 0.5) is 0 Å². The molecule has 0 aliphatic heterocycles. The number of rotatable bonds is 2. The van der Waals surface area contributed by atoms with E-state index in [0.717, 1.165) is 37.5 Å². The van der Waals surface area contributed by atoms with E-state index in [1.807, 2.05) is 0 Å². The van der Waals surface area contributed by atoms with Crippen molar-refractivity contribution < 1.29 is 0 Å². The SMILES string of the molecule is [C-]#[N+]C1CCC(C(C)(C)C2CCC([N+]#[C-])CC2)CC1. The Kier molecular flexibility index (Phi) is 4.51. The van der Waals surface area contributed by atoms with Gasteiger partial charge >= 0.3 is 0 Å². The summed E-state index contributed by atoms with van der Waals surface area (Å²) in [5, 5.41) is 0. The first kappa shape index (κ1) is 14.4. The molecule has 2 fully saturated rings. The first-order valence-corrected chi connectivity index (χ1v) is 7.81. The van der Waals surface area contributed by atoms with Crippen molar-refractivity contribution in [2.24, 2.45) is 17.3 Å². The molecule has 0 radical (unpaired) electrons. The van der Waals surface area contributed by atoms with E-state index in [4.69, 9.17) is 13.1 Å². The molecule has 0 aromatic heterocycles. The first-order valence-electron chi connectivity index (χ1n) is 7.81. The molecule has 2 nitrogen and oxygen atoms in total. The Morgan fingerprint density at radius 1 is 0.684 bits per heavy atom. The third-order valence-electron chi connectivity index (χ3n) is 5.86. The zero-order valence-corrected chi connectivity index (χ0v) is 12.4. The Labute approximate surface area is 118 Å². The summed E-state index contributed by atoms with van der Waals surface area (Å²) in [5.41, 5.74) is 0.403. The fourth-order valence-electron chi connectivity index (χ4n) is 4.23. The largest absolute Gasteiger partial charge is 0.314 e. The standard InChI is InChI=1S/C17H26N2/c1-17(2,13-5-9-15(18-3)10-6-13)14-7-11-16(19-4)12-8-14/h13-16H,5-12H2,1-2H3. The highest BCUT2D eigenvalue weighted by atomic mass is 14.7. The predicted molar refractivity (Wildman–Crippen MR) is 78.5 cm³/mol. The van der Waals surface area contributed by atoms with Gasteiger partial charge in [-0.3, -0.25) is 0 Å². The molecule has 0 saturated heterocycles. The zero-order chi connectivity index (χ0) is 13.9. The van der Waals surface area contributed by atoms with Crippen LogP contribution in [0.2, 0.25) is 0 Å². The lowest BCUT2D eigenvalue weighted by molar-refractivity contribution is 0.0565. The number of nitrogens with zero attached hydrogens (tertiary/aromatic N) is 2. The van der Waals surface area contributed by atoms with Crippen LogP contribution in [-0.2, 0) is 0 Å². The van der Waals surface area contributed by atoms with Gasteiger partial charge in [0.2, 0.25) is 12.1 Å². The van der Waals surface area contributed by atoms with Crippen molar-refractivity contribution in [1.29, 1.82) is 0 Å². The highest BCUT2D eigenvalue weighted by Gasteiger charge is 2.42. The number of hydrogen-bond acceptors (Lipinski definition) is 0. The summed E-state index contributed by atoms with van der Waals surface area (Å²) >= 11 is 0. The van der Waals surface area contributed by atoms with E-state index in [1.165, 1.54) is 25.7 Å². The van der Waals surface area contributed by atoms with E-state index in [2.05, 4.69) is 23.5 Å². The molecule has 2 rings (SSSR count). The van der Waals surface area contributed by atoms with E-state index < -0.39 is 0 Å². The Morgan fingerprint density at radius 2 is 1.00 bits per heavy atom. The van der Waals surface area contributed by atoms with Gasteiger partial charge in [-0.05, 0) is 42.9 Å². The third kappa shape index (κ3) is 3.11. The summed E-state index contributed by atoms with van der Waals surface area (Å²) < 4.78 is 0. The summed E-state index contributed by atoms with van der Waals surface area (Å²) in [6.45, 7) is 19.2. The average Bonchev–Trinajstić information content (AvgIpc) is 2.47. The fraction of sp³-hybridized carbons (Fsp3) is 0.882. The lowest BCUT2D eigenvalue weighted by atomic mass is 9.60. The Balaban J connectivity index is 1.92. The van der Waals surface area contributed by atoms with Gasteiger partial charge in [0.05, 0.1) is 0 Å². The van der Waals surface area contributed by atoms with Crippen LogP contribution >= 0.6 is 0 Å². The average molecular weight is 258 g/mol.